The third-order valence-electron chi connectivity index (χ3n) is 4.75. The third-order valence-corrected chi connectivity index (χ3v) is 4.75. The molecule has 3 aromatic heterocycles. The first kappa shape index (κ1) is 14.9. The number of pyridine rings is 1. The number of imidazole rings is 2. The summed E-state index contributed by atoms with van der Waals surface area (Å²) in [5.41, 5.74) is 1.63. The van der Waals surface area contributed by atoms with Crippen LogP contribution in [0.15, 0.2) is 43.2 Å². The van der Waals surface area contributed by atoms with Crippen LogP contribution >= 0.6 is 0 Å². The van der Waals surface area contributed by atoms with Crippen molar-refractivity contribution < 1.29 is 4.79 Å². The lowest BCUT2D eigenvalue weighted by atomic mass is 10.1. The lowest BCUT2D eigenvalue weighted by Crippen LogP contribution is -2.49. The number of aryl methyl sites for hydroxylation is 1. The molecule has 0 bridgehead atoms. The van der Waals surface area contributed by atoms with Gasteiger partial charge in [-0.05, 0) is 19.2 Å². The zero-order valence-corrected chi connectivity index (χ0v) is 13.8. The smallest absolute Gasteiger partial charge is 0.254 e. The predicted molar refractivity (Wildman–Crippen MR) is 89.7 cm³/mol. The minimum Gasteiger partial charge on any atom is -0.337 e. The van der Waals surface area contributed by atoms with Gasteiger partial charge in [0, 0.05) is 50.8 Å². The molecule has 1 fully saturated rings. The Kier molecular flexibility index (Phi) is 3.57. The van der Waals surface area contributed by atoms with Gasteiger partial charge in [-0.25, -0.2) is 9.97 Å². The van der Waals surface area contributed by atoms with Crippen molar-refractivity contribution in [2.24, 2.45) is 7.05 Å². The van der Waals surface area contributed by atoms with Crippen molar-refractivity contribution in [3.63, 3.8) is 0 Å². The summed E-state index contributed by atoms with van der Waals surface area (Å²) in [7, 11) is 4.07. The molecule has 0 aliphatic carbocycles. The average molecular weight is 324 g/mol. The van der Waals surface area contributed by atoms with E-state index in [4.69, 9.17) is 0 Å². The SMILES string of the molecule is CN1CCN(C(=O)c2ccn3cncc3c2)C[C@@H]1c1nccn1C. The number of nitrogens with zero attached hydrogens (tertiary/aromatic N) is 6. The summed E-state index contributed by atoms with van der Waals surface area (Å²) >= 11 is 0. The lowest BCUT2D eigenvalue weighted by Gasteiger charge is -2.39. The maximum absolute atomic E-state index is 12.9. The van der Waals surface area contributed by atoms with Crippen LogP contribution in [-0.2, 0) is 7.05 Å². The van der Waals surface area contributed by atoms with E-state index in [0.29, 0.717) is 12.1 Å². The second kappa shape index (κ2) is 5.76. The van der Waals surface area contributed by atoms with E-state index in [-0.39, 0.29) is 11.9 Å². The van der Waals surface area contributed by atoms with E-state index in [1.54, 1.807) is 18.7 Å². The summed E-state index contributed by atoms with van der Waals surface area (Å²) in [6.45, 7) is 2.20. The number of aromatic nitrogens is 4. The molecule has 1 atom stereocenters. The van der Waals surface area contributed by atoms with Gasteiger partial charge in [0.05, 0.1) is 24.1 Å². The Morgan fingerprint density at radius 1 is 1.25 bits per heavy atom. The molecule has 3 aromatic rings. The van der Waals surface area contributed by atoms with E-state index in [1.165, 1.54) is 0 Å². The van der Waals surface area contributed by atoms with Gasteiger partial charge >= 0.3 is 0 Å². The Morgan fingerprint density at radius 3 is 2.92 bits per heavy atom. The predicted octanol–water partition coefficient (Wildman–Crippen LogP) is 1.20. The molecule has 1 aliphatic rings. The minimum atomic E-state index is 0.0611. The van der Waals surface area contributed by atoms with Crippen LogP contribution in [0.5, 0.6) is 0 Å². The Morgan fingerprint density at radius 2 is 2.12 bits per heavy atom. The highest BCUT2D eigenvalue weighted by molar-refractivity contribution is 5.95. The third kappa shape index (κ3) is 2.46. The molecule has 7 heteroatoms. The zero-order valence-electron chi connectivity index (χ0n) is 13.8. The molecule has 124 valence electrons. The first-order chi connectivity index (χ1) is 11.6. The summed E-state index contributed by atoms with van der Waals surface area (Å²) in [4.78, 5) is 25.7. The van der Waals surface area contributed by atoms with Gasteiger partial charge in [-0.15, -0.1) is 0 Å². The summed E-state index contributed by atoms with van der Waals surface area (Å²) in [5.74, 6) is 1.05. The normalized spacial score (nSPS) is 19.1. The number of hydrogen-bond acceptors (Lipinski definition) is 4. The fourth-order valence-electron chi connectivity index (χ4n) is 3.27. The number of carbonyl (C=O) groups excluding carboxylic acids is 1. The molecule has 4 rings (SSSR count). The molecule has 0 saturated carbocycles. The van der Waals surface area contributed by atoms with Crippen molar-refractivity contribution in [2.75, 3.05) is 26.7 Å². The molecular formula is C17H20N6O. The standard InChI is InChI=1S/C17H20N6O/c1-20-7-8-22(11-15(20)16-19-4-6-21(16)2)17(24)13-3-5-23-12-18-10-14(23)9-13/h3-6,9-10,12,15H,7-8,11H2,1-2H3/t15-/m1/s1. The van der Waals surface area contributed by atoms with Crippen LogP contribution in [0.25, 0.3) is 5.52 Å². The summed E-state index contributed by atoms with van der Waals surface area (Å²) in [6.07, 6.45) is 9.12. The van der Waals surface area contributed by atoms with Crippen LogP contribution in [-0.4, -0.2) is 61.3 Å². The van der Waals surface area contributed by atoms with E-state index < -0.39 is 0 Å². The number of amides is 1. The molecular weight excluding hydrogens is 304 g/mol. The van der Waals surface area contributed by atoms with E-state index in [9.17, 15) is 4.79 Å². The molecule has 1 aliphatic heterocycles. The summed E-state index contributed by atoms with van der Waals surface area (Å²) in [5, 5.41) is 0. The highest BCUT2D eigenvalue weighted by Gasteiger charge is 2.31. The highest BCUT2D eigenvalue weighted by Crippen LogP contribution is 2.23. The Hall–Kier alpha value is -2.67. The lowest BCUT2D eigenvalue weighted by molar-refractivity contribution is 0.0529. The number of carbonyl (C=O) groups is 1. The molecule has 1 amide bonds. The Balaban J connectivity index is 1.59. The van der Waals surface area contributed by atoms with Gasteiger partial charge in [-0.1, -0.05) is 0 Å². The highest BCUT2D eigenvalue weighted by atomic mass is 16.2. The number of hydrogen-bond donors (Lipinski definition) is 0. The summed E-state index contributed by atoms with van der Waals surface area (Å²) in [6, 6.07) is 3.86. The molecule has 0 unspecified atom stereocenters. The van der Waals surface area contributed by atoms with Gasteiger partial charge in [0.1, 0.15) is 5.82 Å². The van der Waals surface area contributed by atoms with Crippen LogP contribution < -0.4 is 0 Å². The fraction of sp³-hybridized carbons (Fsp3) is 0.353. The van der Waals surface area contributed by atoms with Crippen LogP contribution in [0.3, 0.4) is 0 Å². The molecule has 24 heavy (non-hydrogen) atoms. The van der Waals surface area contributed by atoms with Crippen molar-refractivity contribution >= 4 is 11.4 Å². The van der Waals surface area contributed by atoms with E-state index in [0.717, 1.165) is 24.4 Å². The number of likely N-dealkylation sites (N-methyl/N-ethyl adjacent to an activating group) is 1. The first-order valence-corrected chi connectivity index (χ1v) is 8.02. The number of rotatable bonds is 2. The summed E-state index contributed by atoms with van der Waals surface area (Å²) < 4.78 is 3.92. The second-order valence-corrected chi connectivity index (χ2v) is 6.29. The molecule has 1 saturated heterocycles. The van der Waals surface area contributed by atoms with Gasteiger partial charge < -0.3 is 13.9 Å². The molecule has 7 nitrogen and oxygen atoms in total. The average Bonchev–Trinajstić information content (AvgIpc) is 3.22. The van der Waals surface area contributed by atoms with Gasteiger partial charge in [-0.2, -0.15) is 0 Å². The van der Waals surface area contributed by atoms with Crippen molar-refractivity contribution in [2.45, 2.75) is 6.04 Å². The molecule has 4 heterocycles. The molecule has 0 radical (unpaired) electrons. The van der Waals surface area contributed by atoms with Crippen molar-refractivity contribution in [3.8, 4) is 0 Å². The van der Waals surface area contributed by atoms with E-state index in [1.807, 2.05) is 45.4 Å². The second-order valence-electron chi connectivity index (χ2n) is 6.29. The van der Waals surface area contributed by atoms with Crippen LogP contribution in [0.4, 0.5) is 0 Å². The molecule has 0 spiro atoms. The quantitative estimate of drug-likeness (QED) is 0.711. The van der Waals surface area contributed by atoms with Gasteiger partial charge in [-0.3, -0.25) is 9.69 Å². The van der Waals surface area contributed by atoms with Crippen LogP contribution in [0.2, 0.25) is 0 Å². The molecule has 0 aromatic carbocycles. The van der Waals surface area contributed by atoms with Gasteiger partial charge in [0.2, 0.25) is 0 Å². The van der Waals surface area contributed by atoms with Gasteiger partial charge in [0.25, 0.3) is 5.91 Å². The fourth-order valence-corrected chi connectivity index (χ4v) is 3.27. The van der Waals surface area contributed by atoms with E-state index in [2.05, 4.69) is 21.9 Å². The monoisotopic (exact) mass is 324 g/mol. The molecule has 0 N–H and O–H groups in total. The first-order valence-electron chi connectivity index (χ1n) is 8.02. The minimum absolute atomic E-state index is 0.0611. The number of fused-ring (bicyclic) bond motifs is 1. The van der Waals surface area contributed by atoms with Crippen molar-refractivity contribution in [3.05, 3.63) is 54.6 Å². The maximum Gasteiger partial charge on any atom is 0.254 e. The van der Waals surface area contributed by atoms with Crippen molar-refractivity contribution in [1.82, 2.24) is 28.7 Å². The maximum atomic E-state index is 12.9. The van der Waals surface area contributed by atoms with Gasteiger partial charge in [0.15, 0.2) is 0 Å². The van der Waals surface area contributed by atoms with E-state index >= 15 is 0 Å². The van der Waals surface area contributed by atoms with Crippen molar-refractivity contribution in [1.29, 1.82) is 0 Å². The van der Waals surface area contributed by atoms with Crippen LogP contribution in [0, 0.1) is 0 Å². The van der Waals surface area contributed by atoms with Crippen LogP contribution in [0.1, 0.15) is 22.2 Å². The topological polar surface area (TPSA) is 58.7 Å². The Labute approximate surface area is 140 Å². The number of piperazine rings is 1. The largest absolute Gasteiger partial charge is 0.337 e. The zero-order chi connectivity index (χ0) is 16.7. The Bertz CT molecular complexity index is 882.